The third-order valence-corrected chi connectivity index (χ3v) is 4.56. The second kappa shape index (κ2) is 6.64. The number of benzene rings is 2. The van der Waals surface area contributed by atoms with E-state index < -0.39 is 0 Å². The lowest BCUT2D eigenvalue weighted by molar-refractivity contribution is 0.904. The first-order valence-electron chi connectivity index (χ1n) is 8.04. The van der Waals surface area contributed by atoms with Crippen molar-refractivity contribution in [3.63, 3.8) is 0 Å². The Kier molecular flexibility index (Phi) is 4.58. The van der Waals surface area contributed by atoms with E-state index in [0.717, 1.165) is 17.9 Å². The second-order valence-corrected chi connectivity index (χ2v) is 6.72. The van der Waals surface area contributed by atoms with E-state index in [4.69, 9.17) is 11.6 Å². The quantitative estimate of drug-likeness (QED) is 0.619. The van der Waals surface area contributed by atoms with Gasteiger partial charge < -0.3 is 4.90 Å². The summed E-state index contributed by atoms with van der Waals surface area (Å²) in [4.78, 5) is 2.36. The van der Waals surface area contributed by atoms with E-state index in [2.05, 4.69) is 74.2 Å². The molecule has 23 heavy (non-hydrogen) atoms. The summed E-state index contributed by atoms with van der Waals surface area (Å²) in [6.07, 6.45) is 6.02. The van der Waals surface area contributed by atoms with Gasteiger partial charge in [0.15, 0.2) is 0 Å². The average Bonchev–Trinajstić information content (AvgIpc) is 2.53. The number of allylic oxidation sites excluding steroid dienone is 4. The Morgan fingerprint density at radius 2 is 1.52 bits per heavy atom. The minimum Gasteiger partial charge on any atom is -0.314 e. The molecule has 2 aromatic carbocycles. The zero-order valence-corrected chi connectivity index (χ0v) is 14.7. The van der Waals surface area contributed by atoms with Crippen LogP contribution in [0, 0.1) is 20.8 Å². The minimum absolute atomic E-state index is 0.903. The molecule has 2 aromatic rings. The number of hydrogen-bond acceptors (Lipinski definition) is 1. The van der Waals surface area contributed by atoms with Gasteiger partial charge in [0, 0.05) is 22.1 Å². The van der Waals surface area contributed by atoms with Crippen LogP contribution in [0.1, 0.15) is 29.5 Å². The highest BCUT2D eigenvalue weighted by molar-refractivity contribution is 6.29. The molecule has 0 N–H and O–H groups in total. The third kappa shape index (κ3) is 3.51. The van der Waals surface area contributed by atoms with E-state index in [1.54, 1.807) is 0 Å². The first-order valence-corrected chi connectivity index (χ1v) is 8.41. The molecule has 0 saturated carbocycles. The number of anilines is 2. The lowest BCUT2D eigenvalue weighted by Crippen LogP contribution is -2.18. The van der Waals surface area contributed by atoms with E-state index in [1.807, 2.05) is 6.08 Å². The number of halogens is 1. The molecule has 0 spiro atoms. The first kappa shape index (κ1) is 15.9. The molecule has 3 rings (SSSR count). The molecule has 1 aliphatic carbocycles. The molecule has 0 aromatic heterocycles. The largest absolute Gasteiger partial charge is 0.314 e. The van der Waals surface area contributed by atoms with Gasteiger partial charge in [-0.25, -0.2) is 0 Å². The monoisotopic (exact) mass is 323 g/mol. The Hall–Kier alpha value is -1.99. The van der Waals surface area contributed by atoms with Gasteiger partial charge in [0.2, 0.25) is 0 Å². The van der Waals surface area contributed by atoms with Crippen molar-refractivity contribution in [2.24, 2.45) is 0 Å². The summed E-state index contributed by atoms with van der Waals surface area (Å²) in [5.74, 6) is 0. The number of aryl methyl sites for hydroxylation is 3. The van der Waals surface area contributed by atoms with Crippen molar-refractivity contribution in [2.75, 3.05) is 4.90 Å². The van der Waals surface area contributed by atoms with E-state index in [1.165, 1.54) is 33.8 Å². The molecule has 0 saturated heterocycles. The normalized spacial score (nSPS) is 14.3. The van der Waals surface area contributed by atoms with Gasteiger partial charge in [0.25, 0.3) is 0 Å². The maximum Gasteiger partial charge on any atom is 0.0487 e. The topological polar surface area (TPSA) is 3.24 Å². The van der Waals surface area contributed by atoms with Gasteiger partial charge in [0.1, 0.15) is 0 Å². The zero-order valence-electron chi connectivity index (χ0n) is 13.9. The number of hydrogen-bond donors (Lipinski definition) is 0. The SMILES string of the molecule is Cc1ccc(N(C2=CC=C(Cl)CC2)c2ccc(C)cc2C)cc1. The van der Waals surface area contributed by atoms with Crippen LogP contribution < -0.4 is 4.90 Å². The Bertz CT molecular complexity index is 769. The maximum atomic E-state index is 6.15. The van der Waals surface area contributed by atoms with Gasteiger partial charge in [-0.1, -0.05) is 47.0 Å². The van der Waals surface area contributed by atoms with Crippen molar-refractivity contribution in [3.05, 3.63) is 82.0 Å². The molecule has 0 radical (unpaired) electrons. The van der Waals surface area contributed by atoms with Crippen molar-refractivity contribution < 1.29 is 0 Å². The van der Waals surface area contributed by atoms with E-state index in [9.17, 15) is 0 Å². The summed E-state index contributed by atoms with van der Waals surface area (Å²) < 4.78 is 0. The molecule has 118 valence electrons. The Morgan fingerprint density at radius 1 is 0.826 bits per heavy atom. The summed E-state index contributed by atoms with van der Waals surface area (Å²) in [6, 6.07) is 15.3. The second-order valence-electron chi connectivity index (χ2n) is 6.23. The fraction of sp³-hybridized carbons (Fsp3) is 0.238. The highest BCUT2D eigenvalue weighted by Gasteiger charge is 2.18. The van der Waals surface area contributed by atoms with Crippen LogP contribution in [-0.4, -0.2) is 0 Å². The fourth-order valence-corrected chi connectivity index (χ4v) is 3.15. The van der Waals surface area contributed by atoms with Crippen molar-refractivity contribution in [1.29, 1.82) is 0 Å². The van der Waals surface area contributed by atoms with Crippen LogP contribution in [0.5, 0.6) is 0 Å². The Labute approximate surface area is 143 Å². The van der Waals surface area contributed by atoms with Crippen molar-refractivity contribution >= 4 is 23.0 Å². The summed E-state index contributed by atoms with van der Waals surface area (Å²) >= 11 is 6.15. The highest BCUT2D eigenvalue weighted by atomic mass is 35.5. The van der Waals surface area contributed by atoms with Crippen molar-refractivity contribution in [2.45, 2.75) is 33.6 Å². The van der Waals surface area contributed by atoms with E-state index in [0.29, 0.717) is 0 Å². The van der Waals surface area contributed by atoms with Crippen LogP contribution in [0.25, 0.3) is 0 Å². The summed E-state index contributed by atoms with van der Waals surface area (Å²) in [5.41, 5.74) is 7.56. The average molecular weight is 324 g/mol. The molecule has 0 atom stereocenters. The van der Waals surface area contributed by atoms with Crippen LogP contribution in [0.15, 0.2) is 65.3 Å². The molecule has 0 bridgehead atoms. The number of rotatable bonds is 3. The fourth-order valence-electron chi connectivity index (χ4n) is 3.00. The minimum atomic E-state index is 0.903. The van der Waals surface area contributed by atoms with Crippen LogP contribution in [0.2, 0.25) is 0 Å². The highest BCUT2D eigenvalue weighted by Crippen LogP contribution is 2.36. The standard InChI is InChI=1S/C21H22ClN/c1-15-4-9-19(10-5-15)23(20-11-7-18(22)8-12-20)21-13-6-16(2)14-17(21)3/h4-7,9-11,13-14H,8,12H2,1-3H3. The summed E-state index contributed by atoms with van der Waals surface area (Å²) in [6.45, 7) is 6.43. The number of nitrogens with zero attached hydrogens (tertiary/aromatic N) is 1. The molecule has 0 amide bonds. The molecule has 2 heteroatoms. The van der Waals surface area contributed by atoms with Crippen molar-refractivity contribution in [3.8, 4) is 0 Å². The Morgan fingerprint density at radius 3 is 2.13 bits per heavy atom. The van der Waals surface area contributed by atoms with E-state index >= 15 is 0 Å². The molecule has 1 nitrogen and oxygen atoms in total. The van der Waals surface area contributed by atoms with Crippen LogP contribution in [0.3, 0.4) is 0 Å². The van der Waals surface area contributed by atoms with E-state index in [-0.39, 0.29) is 0 Å². The van der Waals surface area contributed by atoms with Gasteiger partial charge in [-0.2, -0.15) is 0 Å². The Balaban J connectivity index is 2.12. The van der Waals surface area contributed by atoms with Crippen LogP contribution >= 0.6 is 11.6 Å². The van der Waals surface area contributed by atoms with Gasteiger partial charge in [-0.3, -0.25) is 0 Å². The predicted molar refractivity (Wildman–Crippen MR) is 100 cm³/mol. The molecule has 0 fully saturated rings. The van der Waals surface area contributed by atoms with Crippen molar-refractivity contribution in [1.82, 2.24) is 0 Å². The summed E-state index contributed by atoms with van der Waals surface area (Å²) in [7, 11) is 0. The molecular weight excluding hydrogens is 302 g/mol. The maximum absolute atomic E-state index is 6.15. The molecule has 0 unspecified atom stereocenters. The van der Waals surface area contributed by atoms with Crippen LogP contribution in [0.4, 0.5) is 11.4 Å². The molecule has 1 aliphatic rings. The predicted octanol–water partition coefficient (Wildman–Crippen LogP) is 6.55. The summed E-state index contributed by atoms with van der Waals surface area (Å²) in [5, 5.41) is 0.929. The lowest BCUT2D eigenvalue weighted by atomic mass is 10.0. The van der Waals surface area contributed by atoms with Gasteiger partial charge in [-0.15, -0.1) is 0 Å². The zero-order chi connectivity index (χ0) is 16.4. The molecule has 0 heterocycles. The third-order valence-electron chi connectivity index (χ3n) is 4.25. The van der Waals surface area contributed by atoms with Gasteiger partial charge in [0.05, 0.1) is 0 Å². The smallest absolute Gasteiger partial charge is 0.0487 e. The lowest BCUT2D eigenvalue weighted by Gasteiger charge is -2.30. The molecular formula is C21H22ClN. The van der Waals surface area contributed by atoms with Gasteiger partial charge >= 0.3 is 0 Å². The molecule has 0 aliphatic heterocycles. The van der Waals surface area contributed by atoms with Gasteiger partial charge in [-0.05, 0) is 69.5 Å². The first-order chi connectivity index (χ1) is 11.0. The van der Waals surface area contributed by atoms with Crippen LogP contribution in [-0.2, 0) is 0 Å².